The molecule has 1 aromatic heterocycles. The van der Waals surface area contributed by atoms with E-state index in [1.54, 1.807) is 6.07 Å². The van der Waals surface area contributed by atoms with E-state index in [9.17, 15) is 13.2 Å². The van der Waals surface area contributed by atoms with Gasteiger partial charge in [-0.25, -0.2) is 0 Å². The largest absolute Gasteiger partial charge is 0.417 e. The molecule has 2 atom stereocenters. The summed E-state index contributed by atoms with van der Waals surface area (Å²) in [5.74, 6) is 1.49. The Morgan fingerprint density at radius 2 is 1.93 bits per heavy atom. The van der Waals surface area contributed by atoms with Gasteiger partial charge < -0.3 is 9.26 Å². The Bertz CT molecular complexity index is 795. The number of benzene rings is 1. The van der Waals surface area contributed by atoms with Crippen molar-refractivity contribution in [1.29, 1.82) is 0 Å². The maximum atomic E-state index is 13.5. The summed E-state index contributed by atoms with van der Waals surface area (Å²) < 4.78 is 52.1. The number of hydrogen-bond acceptors (Lipinski definition) is 3. The third kappa shape index (κ3) is 3.77. The van der Waals surface area contributed by atoms with E-state index in [-0.39, 0.29) is 29.9 Å². The highest BCUT2D eigenvalue weighted by Crippen LogP contribution is 2.46. The zero-order valence-electron chi connectivity index (χ0n) is 15.4. The van der Waals surface area contributed by atoms with Crippen LogP contribution in [0.2, 0.25) is 0 Å². The molecular weight excluding hydrogens is 355 g/mol. The third-order valence-electron chi connectivity index (χ3n) is 5.81. The molecule has 27 heavy (non-hydrogen) atoms. The van der Waals surface area contributed by atoms with Crippen molar-refractivity contribution < 1.29 is 22.4 Å². The van der Waals surface area contributed by atoms with Crippen molar-refractivity contribution in [1.82, 2.24) is 5.16 Å². The molecule has 6 heteroatoms. The molecule has 2 aliphatic carbocycles. The van der Waals surface area contributed by atoms with E-state index in [0.29, 0.717) is 17.2 Å². The van der Waals surface area contributed by atoms with Crippen LogP contribution in [-0.4, -0.2) is 11.3 Å². The average Bonchev–Trinajstić information content (AvgIpc) is 3.24. The van der Waals surface area contributed by atoms with Gasteiger partial charge in [0.25, 0.3) is 0 Å². The molecule has 2 saturated carbocycles. The van der Waals surface area contributed by atoms with Crippen molar-refractivity contribution in [2.75, 3.05) is 0 Å². The summed E-state index contributed by atoms with van der Waals surface area (Å²) in [5, 5.41) is 4.05. The summed E-state index contributed by atoms with van der Waals surface area (Å²) in [7, 11) is 0. The molecular formula is C21H24F3NO2. The SMILES string of the molecule is CCC1CCCC1OCc1c(-c2ccccc2C(F)(F)F)noc1C1CC1. The molecule has 0 radical (unpaired) electrons. The Hall–Kier alpha value is -1.82. The molecule has 0 saturated heterocycles. The molecule has 2 unspecified atom stereocenters. The molecule has 3 nitrogen and oxygen atoms in total. The van der Waals surface area contributed by atoms with Crippen LogP contribution in [0.1, 0.15) is 68.3 Å². The lowest BCUT2D eigenvalue weighted by molar-refractivity contribution is -0.137. The van der Waals surface area contributed by atoms with Gasteiger partial charge in [-0.3, -0.25) is 0 Å². The first-order valence-corrected chi connectivity index (χ1v) is 9.75. The van der Waals surface area contributed by atoms with E-state index in [1.807, 2.05) is 0 Å². The average molecular weight is 379 g/mol. The zero-order valence-corrected chi connectivity index (χ0v) is 15.4. The first-order valence-electron chi connectivity index (χ1n) is 9.75. The molecule has 2 fully saturated rings. The fourth-order valence-corrected chi connectivity index (χ4v) is 4.16. The minimum absolute atomic E-state index is 0.0673. The van der Waals surface area contributed by atoms with Crippen molar-refractivity contribution in [2.24, 2.45) is 5.92 Å². The molecule has 2 aromatic rings. The van der Waals surface area contributed by atoms with Crippen LogP contribution in [-0.2, 0) is 17.5 Å². The summed E-state index contributed by atoms with van der Waals surface area (Å²) in [4.78, 5) is 0. The Labute approximate surface area is 156 Å². The van der Waals surface area contributed by atoms with Crippen LogP contribution < -0.4 is 0 Å². The molecule has 2 aliphatic rings. The number of rotatable bonds is 6. The topological polar surface area (TPSA) is 35.3 Å². The Balaban J connectivity index is 1.67. The zero-order chi connectivity index (χ0) is 19.0. The van der Waals surface area contributed by atoms with E-state index in [4.69, 9.17) is 9.26 Å². The standard InChI is InChI=1S/C21H24F3NO2/c1-2-13-6-5-9-18(13)26-12-16-19(25-27-20(16)14-10-11-14)15-7-3-4-8-17(15)21(22,23)24/h3-4,7-8,13-14,18H,2,5-6,9-12H2,1H3. The van der Waals surface area contributed by atoms with E-state index in [1.165, 1.54) is 12.1 Å². The summed E-state index contributed by atoms with van der Waals surface area (Å²) in [6.07, 6.45) is 2.09. The summed E-state index contributed by atoms with van der Waals surface area (Å²) in [5.41, 5.74) is 0.346. The first kappa shape index (κ1) is 18.5. The van der Waals surface area contributed by atoms with Crippen LogP contribution in [0.4, 0.5) is 13.2 Å². The van der Waals surface area contributed by atoms with Crippen LogP contribution in [0, 0.1) is 5.92 Å². The van der Waals surface area contributed by atoms with Crippen molar-refractivity contribution in [3.05, 3.63) is 41.2 Å². The van der Waals surface area contributed by atoms with Crippen LogP contribution in [0.25, 0.3) is 11.3 Å². The quantitative estimate of drug-likeness (QED) is 0.588. The number of aromatic nitrogens is 1. The van der Waals surface area contributed by atoms with Gasteiger partial charge in [0.15, 0.2) is 0 Å². The Morgan fingerprint density at radius 3 is 2.63 bits per heavy atom. The van der Waals surface area contributed by atoms with Crippen molar-refractivity contribution in [2.45, 2.75) is 70.3 Å². The molecule has 146 valence electrons. The van der Waals surface area contributed by atoms with E-state index in [0.717, 1.165) is 44.6 Å². The van der Waals surface area contributed by atoms with Gasteiger partial charge in [0.2, 0.25) is 0 Å². The molecule has 0 N–H and O–H groups in total. The maximum absolute atomic E-state index is 13.5. The van der Waals surface area contributed by atoms with E-state index >= 15 is 0 Å². The van der Waals surface area contributed by atoms with Crippen LogP contribution in [0.3, 0.4) is 0 Å². The Kier molecular flexibility index (Phi) is 5.01. The van der Waals surface area contributed by atoms with Crippen LogP contribution >= 0.6 is 0 Å². The van der Waals surface area contributed by atoms with Gasteiger partial charge in [0, 0.05) is 17.0 Å². The smallest absolute Gasteiger partial charge is 0.373 e. The molecule has 1 heterocycles. The predicted molar refractivity (Wildman–Crippen MR) is 95.1 cm³/mol. The molecule has 0 amide bonds. The van der Waals surface area contributed by atoms with Gasteiger partial charge in [-0.2, -0.15) is 13.2 Å². The minimum Gasteiger partial charge on any atom is -0.373 e. The highest BCUT2D eigenvalue weighted by molar-refractivity contribution is 5.68. The second-order valence-electron chi connectivity index (χ2n) is 7.64. The van der Waals surface area contributed by atoms with Gasteiger partial charge in [0.1, 0.15) is 11.5 Å². The van der Waals surface area contributed by atoms with Crippen LogP contribution in [0.5, 0.6) is 0 Å². The Morgan fingerprint density at radius 1 is 1.15 bits per heavy atom. The molecule has 0 spiro atoms. The number of hydrogen-bond donors (Lipinski definition) is 0. The second kappa shape index (κ2) is 7.30. The predicted octanol–water partition coefficient (Wildman–Crippen LogP) is 6.33. The molecule has 1 aromatic carbocycles. The van der Waals surface area contributed by atoms with Gasteiger partial charge in [-0.1, -0.05) is 43.1 Å². The van der Waals surface area contributed by atoms with Crippen molar-refractivity contribution in [3.63, 3.8) is 0 Å². The van der Waals surface area contributed by atoms with E-state index < -0.39 is 11.7 Å². The van der Waals surface area contributed by atoms with Gasteiger partial charge in [-0.15, -0.1) is 0 Å². The molecule has 0 aliphatic heterocycles. The third-order valence-corrected chi connectivity index (χ3v) is 5.81. The highest BCUT2D eigenvalue weighted by atomic mass is 19.4. The number of halogens is 3. The number of alkyl halides is 3. The minimum atomic E-state index is -4.44. The van der Waals surface area contributed by atoms with Gasteiger partial charge >= 0.3 is 6.18 Å². The lowest BCUT2D eigenvalue weighted by Gasteiger charge is -2.19. The summed E-state index contributed by atoms with van der Waals surface area (Å²) in [6.45, 7) is 2.42. The lowest BCUT2D eigenvalue weighted by Crippen LogP contribution is -2.18. The first-order chi connectivity index (χ1) is 13.0. The van der Waals surface area contributed by atoms with Crippen molar-refractivity contribution in [3.8, 4) is 11.3 Å². The molecule has 0 bridgehead atoms. The number of nitrogens with zero attached hydrogens (tertiary/aromatic N) is 1. The van der Waals surface area contributed by atoms with Crippen molar-refractivity contribution >= 4 is 0 Å². The maximum Gasteiger partial charge on any atom is 0.417 e. The van der Waals surface area contributed by atoms with Crippen LogP contribution in [0.15, 0.2) is 28.8 Å². The lowest BCUT2D eigenvalue weighted by atomic mass is 9.99. The fraction of sp³-hybridized carbons (Fsp3) is 0.571. The summed E-state index contributed by atoms with van der Waals surface area (Å²) >= 11 is 0. The van der Waals surface area contributed by atoms with E-state index in [2.05, 4.69) is 12.1 Å². The summed E-state index contributed by atoms with van der Waals surface area (Å²) in [6, 6.07) is 5.56. The highest BCUT2D eigenvalue weighted by Gasteiger charge is 2.38. The van der Waals surface area contributed by atoms with Gasteiger partial charge in [0.05, 0.1) is 18.3 Å². The normalized spacial score (nSPS) is 23.1. The fourth-order valence-electron chi connectivity index (χ4n) is 4.16. The monoisotopic (exact) mass is 379 g/mol. The number of ether oxygens (including phenoxy) is 1. The molecule has 4 rings (SSSR count). The van der Waals surface area contributed by atoms with Gasteiger partial charge in [-0.05, 0) is 37.7 Å². The second-order valence-corrected chi connectivity index (χ2v) is 7.64.